The summed E-state index contributed by atoms with van der Waals surface area (Å²) in [5.74, 6) is 0.972. The molecule has 0 aliphatic heterocycles. The van der Waals surface area contributed by atoms with Crippen LogP contribution in [0.4, 0.5) is 0 Å². The quantitative estimate of drug-likeness (QED) is 0.768. The fourth-order valence-corrected chi connectivity index (χ4v) is 3.03. The Kier molecular flexibility index (Phi) is 3.31. The number of thiazole rings is 1. The molecular weight excluding hydrogens is 256 g/mol. The zero-order valence-electron chi connectivity index (χ0n) is 11.0. The highest BCUT2D eigenvalue weighted by Gasteiger charge is 2.05. The molecule has 0 amide bonds. The number of hydrogen-bond donors (Lipinski definition) is 2. The fourth-order valence-electron chi connectivity index (χ4n) is 2.12. The molecule has 0 atom stereocenters. The number of fused-ring (bicyclic) bond motifs is 1. The van der Waals surface area contributed by atoms with Crippen molar-refractivity contribution in [3.05, 3.63) is 45.7 Å². The van der Waals surface area contributed by atoms with Crippen molar-refractivity contribution in [2.45, 2.75) is 26.9 Å². The number of rotatable bonds is 4. The van der Waals surface area contributed by atoms with E-state index in [2.05, 4.69) is 27.2 Å². The minimum Gasteiger partial charge on any atom is -0.341 e. The zero-order valence-corrected chi connectivity index (χ0v) is 11.8. The highest BCUT2D eigenvalue weighted by molar-refractivity contribution is 7.11. The molecule has 98 valence electrons. The number of nitrogens with zero attached hydrogens (tertiary/aromatic N) is 2. The van der Waals surface area contributed by atoms with Crippen LogP contribution in [0.1, 0.15) is 21.4 Å². The van der Waals surface area contributed by atoms with Crippen molar-refractivity contribution < 1.29 is 0 Å². The Morgan fingerprint density at radius 1 is 1.16 bits per heavy atom. The van der Waals surface area contributed by atoms with Gasteiger partial charge in [0.1, 0.15) is 5.82 Å². The lowest BCUT2D eigenvalue weighted by Crippen LogP contribution is -2.13. The summed E-state index contributed by atoms with van der Waals surface area (Å²) in [6.45, 7) is 5.68. The molecule has 0 radical (unpaired) electrons. The minimum atomic E-state index is 0.741. The molecule has 2 heterocycles. The Balaban J connectivity index is 1.64. The third-order valence-corrected chi connectivity index (χ3v) is 4.09. The SMILES string of the molecule is Cc1nc(C)c(CNCc2nc3ccccc3[nH]2)s1. The maximum absolute atomic E-state index is 4.54. The van der Waals surface area contributed by atoms with E-state index in [-0.39, 0.29) is 0 Å². The lowest BCUT2D eigenvalue weighted by molar-refractivity contribution is 0.673. The second-order valence-corrected chi connectivity index (χ2v) is 5.83. The summed E-state index contributed by atoms with van der Waals surface area (Å²) in [7, 11) is 0. The summed E-state index contributed by atoms with van der Waals surface area (Å²) in [6.07, 6.45) is 0. The lowest BCUT2D eigenvalue weighted by atomic mass is 10.3. The van der Waals surface area contributed by atoms with Gasteiger partial charge >= 0.3 is 0 Å². The highest BCUT2D eigenvalue weighted by atomic mass is 32.1. The number of benzene rings is 1. The van der Waals surface area contributed by atoms with Gasteiger partial charge < -0.3 is 10.3 Å². The number of nitrogens with one attached hydrogen (secondary N) is 2. The summed E-state index contributed by atoms with van der Waals surface area (Å²) >= 11 is 1.75. The topological polar surface area (TPSA) is 53.6 Å². The number of H-pyrrole nitrogens is 1. The van der Waals surface area contributed by atoms with E-state index in [1.807, 2.05) is 31.2 Å². The van der Waals surface area contributed by atoms with Crippen LogP contribution in [-0.2, 0) is 13.1 Å². The molecule has 5 heteroatoms. The molecule has 0 spiro atoms. The van der Waals surface area contributed by atoms with Gasteiger partial charge in [-0.2, -0.15) is 0 Å². The molecule has 0 aliphatic carbocycles. The molecule has 4 nitrogen and oxygen atoms in total. The van der Waals surface area contributed by atoms with Gasteiger partial charge in [-0.05, 0) is 26.0 Å². The molecule has 0 aliphatic rings. The fraction of sp³-hybridized carbons (Fsp3) is 0.286. The van der Waals surface area contributed by atoms with Crippen LogP contribution in [0.15, 0.2) is 24.3 Å². The van der Waals surface area contributed by atoms with Gasteiger partial charge in [-0.3, -0.25) is 0 Å². The van der Waals surface area contributed by atoms with Crippen molar-refractivity contribution in [3.63, 3.8) is 0 Å². The number of aromatic amines is 1. The van der Waals surface area contributed by atoms with E-state index in [9.17, 15) is 0 Å². The predicted octanol–water partition coefficient (Wildman–Crippen LogP) is 2.93. The van der Waals surface area contributed by atoms with Crippen LogP contribution in [0.5, 0.6) is 0 Å². The molecule has 0 saturated carbocycles. The van der Waals surface area contributed by atoms with Crippen molar-refractivity contribution in [2.75, 3.05) is 0 Å². The van der Waals surface area contributed by atoms with E-state index in [0.29, 0.717) is 0 Å². The van der Waals surface area contributed by atoms with Gasteiger partial charge in [-0.25, -0.2) is 9.97 Å². The standard InChI is InChI=1S/C14H16N4S/c1-9-13(19-10(2)16-9)7-15-8-14-17-11-5-3-4-6-12(11)18-14/h3-6,15H,7-8H2,1-2H3,(H,17,18). The normalized spacial score (nSPS) is 11.3. The first kappa shape index (κ1) is 12.3. The number of aromatic nitrogens is 3. The van der Waals surface area contributed by atoms with Crippen LogP contribution >= 0.6 is 11.3 Å². The van der Waals surface area contributed by atoms with Gasteiger partial charge in [0.25, 0.3) is 0 Å². The third kappa shape index (κ3) is 2.67. The first-order valence-electron chi connectivity index (χ1n) is 6.29. The van der Waals surface area contributed by atoms with E-state index in [1.54, 1.807) is 11.3 Å². The Morgan fingerprint density at radius 2 is 2.00 bits per heavy atom. The smallest absolute Gasteiger partial charge is 0.121 e. The van der Waals surface area contributed by atoms with Gasteiger partial charge in [0.05, 0.1) is 28.3 Å². The van der Waals surface area contributed by atoms with Crippen LogP contribution in [0.25, 0.3) is 11.0 Å². The van der Waals surface area contributed by atoms with Gasteiger partial charge in [0.15, 0.2) is 0 Å². The molecule has 0 unspecified atom stereocenters. The van der Waals surface area contributed by atoms with E-state index in [0.717, 1.165) is 40.6 Å². The van der Waals surface area contributed by atoms with Crippen molar-refractivity contribution in [1.29, 1.82) is 0 Å². The second-order valence-electron chi connectivity index (χ2n) is 4.55. The van der Waals surface area contributed by atoms with Gasteiger partial charge in [-0.15, -0.1) is 11.3 Å². The molecule has 3 rings (SSSR count). The molecule has 0 fully saturated rings. The van der Waals surface area contributed by atoms with Crippen LogP contribution in [0, 0.1) is 13.8 Å². The molecule has 3 aromatic rings. The Morgan fingerprint density at radius 3 is 2.74 bits per heavy atom. The van der Waals surface area contributed by atoms with E-state index < -0.39 is 0 Å². The largest absolute Gasteiger partial charge is 0.341 e. The maximum atomic E-state index is 4.54. The monoisotopic (exact) mass is 272 g/mol. The average molecular weight is 272 g/mol. The number of hydrogen-bond acceptors (Lipinski definition) is 4. The molecule has 0 saturated heterocycles. The molecule has 2 aromatic heterocycles. The molecule has 2 N–H and O–H groups in total. The molecule has 19 heavy (non-hydrogen) atoms. The Hall–Kier alpha value is -1.72. The summed E-state index contributed by atoms with van der Waals surface area (Å²) in [6, 6.07) is 8.08. The second kappa shape index (κ2) is 5.11. The van der Waals surface area contributed by atoms with Gasteiger partial charge in [-0.1, -0.05) is 12.1 Å². The summed E-state index contributed by atoms with van der Waals surface area (Å²) in [5, 5.41) is 4.53. The first-order valence-corrected chi connectivity index (χ1v) is 7.11. The predicted molar refractivity (Wildman–Crippen MR) is 78.2 cm³/mol. The third-order valence-electron chi connectivity index (χ3n) is 3.02. The average Bonchev–Trinajstić information content (AvgIpc) is 2.92. The maximum Gasteiger partial charge on any atom is 0.121 e. The summed E-state index contributed by atoms with van der Waals surface area (Å²) < 4.78 is 0. The van der Waals surface area contributed by atoms with Gasteiger partial charge in [0, 0.05) is 11.4 Å². The Labute approximate surface area is 115 Å². The molecular formula is C14H16N4S. The van der Waals surface area contributed by atoms with Crippen LogP contribution in [-0.4, -0.2) is 15.0 Å². The number of imidazole rings is 1. The van der Waals surface area contributed by atoms with Crippen molar-refractivity contribution in [1.82, 2.24) is 20.3 Å². The van der Waals surface area contributed by atoms with Crippen molar-refractivity contribution >= 4 is 22.4 Å². The van der Waals surface area contributed by atoms with Crippen LogP contribution in [0.2, 0.25) is 0 Å². The number of para-hydroxylation sites is 2. The lowest BCUT2D eigenvalue weighted by Gasteiger charge is -2.00. The molecule has 0 bridgehead atoms. The van der Waals surface area contributed by atoms with Gasteiger partial charge in [0.2, 0.25) is 0 Å². The summed E-state index contributed by atoms with van der Waals surface area (Å²) in [5.41, 5.74) is 3.23. The minimum absolute atomic E-state index is 0.741. The first-order chi connectivity index (χ1) is 9.22. The Bertz CT molecular complexity index is 665. The highest BCUT2D eigenvalue weighted by Crippen LogP contribution is 2.16. The van der Waals surface area contributed by atoms with Crippen LogP contribution in [0.3, 0.4) is 0 Å². The van der Waals surface area contributed by atoms with Crippen molar-refractivity contribution in [2.24, 2.45) is 0 Å². The zero-order chi connectivity index (χ0) is 13.2. The number of aryl methyl sites for hydroxylation is 2. The van der Waals surface area contributed by atoms with Crippen molar-refractivity contribution in [3.8, 4) is 0 Å². The molecule has 1 aromatic carbocycles. The van der Waals surface area contributed by atoms with E-state index in [1.165, 1.54) is 4.88 Å². The van der Waals surface area contributed by atoms with E-state index in [4.69, 9.17) is 0 Å². The van der Waals surface area contributed by atoms with Crippen LogP contribution < -0.4 is 5.32 Å². The summed E-state index contributed by atoms with van der Waals surface area (Å²) in [4.78, 5) is 13.6. The van der Waals surface area contributed by atoms with E-state index >= 15 is 0 Å².